The topological polar surface area (TPSA) is 37.5 Å². The summed E-state index contributed by atoms with van der Waals surface area (Å²) in [4.78, 5) is 4.30. The number of benzene rings is 1. The molecule has 4 rings (SSSR count). The Morgan fingerprint density at radius 2 is 1.85 bits per heavy atom. The van der Waals surface area contributed by atoms with E-state index in [-0.39, 0.29) is 0 Å². The molecule has 1 fully saturated rings. The molecule has 0 amide bonds. The van der Waals surface area contributed by atoms with Gasteiger partial charge in [0.05, 0.1) is 29.8 Å². The molecule has 2 heterocycles. The smallest absolute Gasteiger partial charge is 0.0995 e. The van der Waals surface area contributed by atoms with Crippen LogP contribution >= 0.6 is 0 Å². The lowest BCUT2D eigenvalue weighted by Gasteiger charge is -2.33. The van der Waals surface area contributed by atoms with Crippen LogP contribution < -0.4 is 0 Å². The Hall–Kier alpha value is -2.13. The number of aliphatic hydroxyl groups excluding tert-OH is 1. The molecule has 0 aliphatic heterocycles. The van der Waals surface area contributed by atoms with Gasteiger partial charge >= 0.3 is 0 Å². The van der Waals surface area contributed by atoms with Crippen molar-refractivity contribution in [3.8, 4) is 0 Å². The monoisotopic (exact) mass is 362 g/mol. The quantitative estimate of drug-likeness (QED) is 0.639. The Labute approximate surface area is 162 Å². The number of hydrogen-bond donors (Lipinski definition) is 1. The average Bonchev–Trinajstić information content (AvgIpc) is 3.15. The molecular formula is C24H30N2O. The molecule has 1 atom stereocenters. The van der Waals surface area contributed by atoms with Gasteiger partial charge in [0.2, 0.25) is 0 Å². The maximum Gasteiger partial charge on any atom is 0.0995 e. The van der Waals surface area contributed by atoms with Gasteiger partial charge in [-0.3, -0.25) is 0 Å². The summed E-state index contributed by atoms with van der Waals surface area (Å²) in [5, 5.41) is 11.3. The number of nitrogens with zero attached hydrogens (tertiary/aromatic N) is 2. The standard InChI is InChI=1S/C24H30N2O/c1-16(2)22-12-11-21-14-25-15-26(21)23(22)24(27)19-9-7-18(8-10-19)20-6-4-5-17(3)13-20/h4-6,11-16,18-19,24,27H,7-10H2,1-3H3. The third-order valence-electron chi connectivity index (χ3n) is 6.29. The van der Waals surface area contributed by atoms with Gasteiger partial charge in [-0.05, 0) is 67.6 Å². The SMILES string of the molecule is Cc1cccc(C2CCC(C(O)c3c(C(C)C)ccc4cncn34)CC2)c1. The number of rotatable bonds is 4. The van der Waals surface area contributed by atoms with Crippen molar-refractivity contribution in [3.63, 3.8) is 0 Å². The van der Waals surface area contributed by atoms with Crippen molar-refractivity contribution in [2.45, 2.75) is 64.4 Å². The molecule has 3 heteroatoms. The number of hydrogen-bond acceptors (Lipinski definition) is 2. The fourth-order valence-electron chi connectivity index (χ4n) is 4.75. The second-order valence-electron chi connectivity index (χ2n) is 8.49. The van der Waals surface area contributed by atoms with Gasteiger partial charge in [-0.1, -0.05) is 49.7 Å². The predicted octanol–water partition coefficient (Wildman–Crippen LogP) is 5.77. The number of aryl methyl sites for hydroxylation is 1. The van der Waals surface area contributed by atoms with Crippen molar-refractivity contribution >= 4 is 5.52 Å². The highest BCUT2D eigenvalue weighted by Crippen LogP contribution is 2.42. The molecule has 142 valence electrons. The number of aromatic nitrogens is 2. The van der Waals surface area contributed by atoms with Crippen LogP contribution in [0, 0.1) is 12.8 Å². The molecule has 27 heavy (non-hydrogen) atoms. The molecule has 2 aromatic heterocycles. The molecule has 0 bridgehead atoms. The molecule has 0 spiro atoms. The van der Waals surface area contributed by atoms with E-state index in [0.717, 1.165) is 36.9 Å². The van der Waals surface area contributed by atoms with Crippen LogP contribution in [0.15, 0.2) is 48.9 Å². The van der Waals surface area contributed by atoms with Gasteiger partial charge in [0, 0.05) is 0 Å². The van der Waals surface area contributed by atoms with E-state index in [1.165, 1.54) is 16.7 Å². The van der Waals surface area contributed by atoms with Gasteiger partial charge in [0.25, 0.3) is 0 Å². The maximum atomic E-state index is 11.3. The first-order valence-electron chi connectivity index (χ1n) is 10.2. The molecule has 1 saturated carbocycles. The Morgan fingerprint density at radius 1 is 1.07 bits per heavy atom. The first-order chi connectivity index (χ1) is 13.0. The molecule has 0 saturated heterocycles. The van der Waals surface area contributed by atoms with Gasteiger partial charge in [-0.15, -0.1) is 0 Å². The van der Waals surface area contributed by atoms with Crippen LogP contribution in [-0.4, -0.2) is 14.5 Å². The molecule has 3 nitrogen and oxygen atoms in total. The lowest BCUT2D eigenvalue weighted by molar-refractivity contribution is 0.0752. The largest absolute Gasteiger partial charge is 0.387 e. The van der Waals surface area contributed by atoms with Crippen molar-refractivity contribution in [1.82, 2.24) is 9.38 Å². The summed E-state index contributed by atoms with van der Waals surface area (Å²) < 4.78 is 2.09. The first kappa shape index (κ1) is 18.2. The summed E-state index contributed by atoms with van der Waals surface area (Å²) >= 11 is 0. The Balaban J connectivity index is 1.56. The van der Waals surface area contributed by atoms with E-state index >= 15 is 0 Å². The Kier molecular flexibility index (Phi) is 5.05. The number of imidazole rings is 1. The lowest BCUT2D eigenvalue weighted by Crippen LogP contribution is -2.22. The van der Waals surface area contributed by atoms with Gasteiger partial charge in [0.15, 0.2) is 0 Å². The van der Waals surface area contributed by atoms with Crippen LogP contribution in [0.3, 0.4) is 0 Å². The predicted molar refractivity (Wildman–Crippen MR) is 110 cm³/mol. The Morgan fingerprint density at radius 3 is 2.56 bits per heavy atom. The minimum Gasteiger partial charge on any atom is -0.387 e. The van der Waals surface area contributed by atoms with Crippen molar-refractivity contribution in [3.05, 3.63) is 71.3 Å². The van der Waals surface area contributed by atoms with E-state index < -0.39 is 6.10 Å². The van der Waals surface area contributed by atoms with Gasteiger partial charge in [-0.25, -0.2) is 4.98 Å². The highest BCUT2D eigenvalue weighted by Gasteiger charge is 2.31. The molecule has 1 aliphatic rings. The van der Waals surface area contributed by atoms with E-state index in [2.05, 4.69) is 66.6 Å². The lowest BCUT2D eigenvalue weighted by atomic mass is 9.75. The minimum atomic E-state index is -0.432. The summed E-state index contributed by atoms with van der Waals surface area (Å²) in [5.41, 5.74) is 6.13. The number of fused-ring (bicyclic) bond motifs is 1. The highest BCUT2D eigenvalue weighted by molar-refractivity contribution is 5.49. The molecule has 1 unspecified atom stereocenters. The van der Waals surface area contributed by atoms with E-state index in [1.807, 2.05) is 12.5 Å². The fraction of sp³-hybridized carbons (Fsp3) is 0.458. The molecule has 1 aromatic carbocycles. The van der Waals surface area contributed by atoms with Crippen LogP contribution in [0.4, 0.5) is 0 Å². The second-order valence-corrected chi connectivity index (χ2v) is 8.49. The van der Waals surface area contributed by atoms with Crippen LogP contribution in [-0.2, 0) is 0 Å². The van der Waals surface area contributed by atoms with Gasteiger partial charge < -0.3 is 9.51 Å². The van der Waals surface area contributed by atoms with E-state index in [0.29, 0.717) is 17.8 Å². The van der Waals surface area contributed by atoms with Crippen LogP contribution in [0.1, 0.15) is 79.9 Å². The van der Waals surface area contributed by atoms with Crippen molar-refractivity contribution in [2.75, 3.05) is 0 Å². The molecule has 1 N–H and O–H groups in total. The third kappa shape index (κ3) is 3.53. The van der Waals surface area contributed by atoms with Crippen molar-refractivity contribution < 1.29 is 5.11 Å². The zero-order valence-electron chi connectivity index (χ0n) is 16.6. The van der Waals surface area contributed by atoms with E-state index in [1.54, 1.807) is 0 Å². The molecular weight excluding hydrogens is 332 g/mol. The zero-order chi connectivity index (χ0) is 19.0. The van der Waals surface area contributed by atoms with E-state index in [4.69, 9.17) is 0 Å². The highest BCUT2D eigenvalue weighted by atomic mass is 16.3. The summed E-state index contributed by atoms with van der Waals surface area (Å²) in [5.74, 6) is 1.32. The van der Waals surface area contributed by atoms with Crippen LogP contribution in [0.5, 0.6) is 0 Å². The first-order valence-corrected chi connectivity index (χ1v) is 10.2. The Bertz CT molecular complexity index is 919. The number of pyridine rings is 1. The summed E-state index contributed by atoms with van der Waals surface area (Å²) in [6.07, 6.45) is 7.74. The summed E-state index contributed by atoms with van der Waals surface area (Å²) in [6, 6.07) is 13.2. The molecule has 0 radical (unpaired) electrons. The normalized spacial score (nSPS) is 21.7. The van der Waals surface area contributed by atoms with Gasteiger partial charge in [-0.2, -0.15) is 0 Å². The van der Waals surface area contributed by atoms with Gasteiger partial charge in [0.1, 0.15) is 0 Å². The van der Waals surface area contributed by atoms with Crippen LogP contribution in [0.2, 0.25) is 0 Å². The maximum absolute atomic E-state index is 11.3. The van der Waals surface area contributed by atoms with Crippen LogP contribution in [0.25, 0.3) is 5.52 Å². The average molecular weight is 363 g/mol. The van der Waals surface area contributed by atoms with Crippen molar-refractivity contribution in [1.29, 1.82) is 0 Å². The minimum absolute atomic E-state index is 0.316. The summed E-state index contributed by atoms with van der Waals surface area (Å²) in [6.45, 7) is 6.56. The van der Waals surface area contributed by atoms with E-state index in [9.17, 15) is 5.11 Å². The fourth-order valence-corrected chi connectivity index (χ4v) is 4.75. The second kappa shape index (κ2) is 7.47. The number of aliphatic hydroxyl groups is 1. The molecule has 1 aliphatic carbocycles. The van der Waals surface area contributed by atoms with Crippen molar-refractivity contribution in [2.24, 2.45) is 5.92 Å². The third-order valence-corrected chi connectivity index (χ3v) is 6.29. The zero-order valence-corrected chi connectivity index (χ0v) is 16.6. The summed E-state index contributed by atoms with van der Waals surface area (Å²) in [7, 11) is 0. The molecule has 3 aromatic rings.